The van der Waals surface area contributed by atoms with Crippen molar-refractivity contribution in [1.82, 2.24) is 0 Å². The number of hydrogen-bond acceptors (Lipinski definition) is 6. The summed E-state index contributed by atoms with van der Waals surface area (Å²) in [6, 6.07) is 7.17. The number of amides is 1. The summed E-state index contributed by atoms with van der Waals surface area (Å²) in [6.07, 6.45) is 6.10. The maximum absolute atomic E-state index is 13.5. The molecule has 3 aliphatic rings. The van der Waals surface area contributed by atoms with Crippen LogP contribution in [0.3, 0.4) is 0 Å². The molecular weight excluding hydrogens is 467 g/mol. The van der Waals surface area contributed by atoms with Gasteiger partial charge in [-0.25, -0.2) is 0 Å². The molecule has 0 spiro atoms. The van der Waals surface area contributed by atoms with Crippen molar-refractivity contribution in [3.63, 3.8) is 0 Å². The molecule has 3 atom stereocenters. The summed E-state index contributed by atoms with van der Waals surface area (Å²) in [5.74, 6) is -1.01. The van der Waals surface area contributed by atoms with Crippen LogP contribution in [0.15, 0.2) is 42.0 Å². The van der Waals surface area contributed by atoms with E-state index in [-0.39, 0.29) is 88.5 Å². The molecule has 2 fully saturated rings. The summed E-state index contributed by atoms with van der Waals surface area (Å²) >= 11 is 0. The number of fused-ring (bicyclic) bond motifs is 2. The minimum Gasteiger partial charge on any atom is -0.650 e. The van der Waals surface area contributed by atoms with E-state index in [2.05, 4.69) is 32.2 Å². The molecule has 3 aliphatic heterocycles. The number of carbonyl (C=O) groups excluding carboxylic acids is 1. The van der Waals surface area contributed by atoms with E-state index in [0.29, 0.717) is 6.10 Å². The van der Waals surface area contributed by atoms with Gasteiger partial charge in [-0.3, -0.25) is 4.79 Å². The molecule has 0 aromatic heterocycles. The number of hydrogen-bond donors (Lipinski definition) is 3. The van der Waals surface area contributed by atoms with Crippen LogP contribution in [0.4, 0.5) is 17.1 Å². The van der Waals surface area contributed by atoms with Crippen LogP contribution >= 0.6 is 0 Å². The van der Waals surface area contributed by atoms with Crippen LogP contribution in [0.5, 0.6) is 17.2 Å². The van der Waals surface area contributed by atoms with E-state index in [9.17, 15) is 20.1 Å². The zero-order chi connectivity index (χ0) is 25.8. The van der Waals surface area contributed by atoms with Gasteiger partial charge in [-0.2, -0.15) is 0 Å². The third kappa shape index (κ3) is 5.48. The number of nitrogens with zero attached hydrogens (tertiary/aromatic N) is 2. The van der Waals surface area contributed by atoms with Gasteiger partial charge in [-0.1, -0.05) is 35.2 Å². The monoisotopic (exact) mass is 500 g/mol. The van der Waals surface area contributed by atoms with Crippen molar-refractivity contribution >= 4 is 23.0 Å². The molecule has 0 radical (unpaired) electrons. The molecule has 37 heavy (non-hydrogen) atoms. The van der Waals surface area contributed by atoms with Crippen molar-refractivity contribution in [3.8, 4) is 17.2 Å². The van der Waals surface area contributed by atoms with Gasteiger partial charge in [-0.05, 0) is 59.4 Å². The van der Waals surface area contributed by atoms with E-state index in [4.69, 9.17) is 9.47 Å². The van der Waals surface area contributed by atoms with E-state index in [0.717, 1.165) is 25.7 Å². The van der Waals surface area contributed by atoms with E-state index in [1.807, 2.05) is 6.92 Å². The Bertz CT molecular complexity index is 1250. The molecule has 192 valence electrons. The average molecular weight is 501 g/mol. The molecule has 9 heteroatoms. The number of epoxide rings is 2. The predicted molar refractivity (Wildman–Crippen MR) is 137 cm³/mol. The first-order valence-corrected chi connectivity index (χ1v) is 12.4. The van der Waals surface area contributed by atoms with E-state index in [1.54, 1.807) is 12.1 Å². The molecule has 3 unspecified atom stereocenters. The number of benzene rings is 2. The SMILES string of the molecule is C/C(=C\CCC1(C)OC1CN1C(=O)c2cccc(O)c2[N-]c2c(O)cc(O)cc21)CCC1OC1(C)C.[Li+]. The van der Waals surface area contributed by atoms with Gasteiger partial charge in [0.15, 0.2) is 0 Å². The molecule has 5 rings (SSSR count). The number of rotatable bonds is 8. The number of anilines is 1. The molecule has 2 saturated heterocycles. The second kappa shape index (κ2) is 9.92. The summed E-state index contributed by atoms with van der Waals surface area (Å²) in [4.78, 5) is 15.0. The Morgan fingerprint density at radius 2 is 1.81 bits per heavy atom. The van der Waals surface area contributed by atoms with Gasteiger partial charge in [0.1, 0.15) is 23.4 Å². The average Bonchev–Trinajstić information content (AvgIpc) is 3.66. The van der Waals surface area contributed by atoms with Crippen molar-refractivity contribution < 1.29 is 48.4 Å². The summed E-state index contributed by atoms with van der Waals surface area (Å²) in [5.41, 5.74) is 1.66. The Balaban J connectivity index is 0.00000320. The number of para-hydroxylation sites is 1. The van der Waals surface area contributed by atoms with Crippen molar-refractivity contribution in [2.75, 3.05) is 11.4 Å². The topological polar surface area (TPSA) is 120 Å². The van der Waals surface area contributed by atoms with Crippen molar-refractivity contribution in [2.45, 2.75) is 76.8 Å². The van der Waals surface area contributed by atoms with Crippen LogP contribution in [0.1, 0.15) is 63.7 Å². The molecule has 2 aromatic rings. The van der Waals surface area contributed by atoms with E-state index < -0.39 is 0 Å². The van der Waals surface area contributed by atoms with Crippen LogP contribution in [0.25, 0.3) is 5.32 Å². The smallest absolute Gasteiger partial charge is 0.650 e. The molecule has 8 nitrogen and oxygen atoms in total. The molecular formula is C28H33LiN2O6. The van der Waals surface area contributed by atoms with Crippen LogP contribution in [-0.2, 0) is 9.47 Å². The summed E-state index contributed by atoms with van der Waals surface area (Å²) in [5, 5.41) is 35.4. The van der Waals surface area contributed by atoms with Gasteiger partial charge in [0.25, 0.3) is 5.91 Å². The fraction of sp³-hybridized carbons (Fsp3) is 0.464. The van der Waals surface area contributed by atoms with Gasteiger partial charge in [0, 0.05) is 23.4 Å². The van der Waals surface area contributed by atoms with Crippen LogP contribution in [-0.4, -0.2) is 51.2 Å². The Kier molecular flexibility index (Phi) is 7.35. The van der Waals surface area contributed by atoms with Gasteiger partial charge < -0.3 is 35.0 Å². The second-order valence-electron chi connectivity index (χ2n) is 10.8. The molecule has 0 saturated carbocycles. The minimum absolute atomic E-state index is 0. The number of phenols is 3. The summed E-state index contributed by atoms with van der Waals surface area (Å²) in [6.45, 7) is 8.65. The Hall–Kier alpha value is -2.63. The number of allylic oxidation sites excluding steroid dienone is 2. The molecule has 2 aromatic carbocycles. The number of aromatic hydroxyl groups is 3. The van der Waals surface area contributed by atoms with Crippen molar-refractivity contribution in [1.29, 1.82) is 0 Å². The quantitative estimate of drug-likeness (QED) is 0.291. The largest absolute Gasteiger partial charge is 1.00 e. The molecule has 0 bridgehead atoms. The molecule has 3 heterocycles. The summed E-state index contributed by atoms with van der Waals surface area (Å²) < 4.78 is 11.7. The molecule has 3 N–H and O–H groups in total. The summed E-state index contributed by atoms with van der Waals surface area (Å²) in [7, 11) is 0. The van der Waals surface area contributed by atoms with Gasteiger partial charge in [-0.15, -0.1) is 0 Å². The van der Waals surface area contributed by atoms with Crippen LogP contribution in [0, 0.1) is 0 Å². The first kappa shape index (κ1) is 27.4. The van der Waals surface area contributed by atoms with Gasteiger partial charge in [0.2, 0.25) is 0 Å². The third-order valence-corrected chi connectivity index (χ3v) is 7.54. The van der Waals surface area contributed by atoms with Crippen molar-refractivity contribution in [3.05, 3.63) is 52.9 Å². The number of carbonyl (C=O) groups is 1. The Labute approximate surface area is 229 Å². The van der Waals surface area contributed by atoms with E-state index >= 15 is 0 Å². The third-order valence-electron chi connectivity index (χ3n) is 7.54. The van der Waals surface area contributed by atoms with E-state index in [1.165, 1.54) is 28.7 Å². The first-order chi connectivity index (χ1) is 17.0. The number of phenolic OH excluding ortho intramolecular Hbond substituents is 3. The first-order valence-electron chi connectivity index (χ1n) is 12.4. The second-order valence-corrected chi connectivity index (χ2v) is 10.8. The maximum Gasteiger partial charge on any atom is 1.00 e. The fourth-order valence-electron chi connectivity index (χ4n) is 4.99. The molecule has 0 aliphatic carbocycles. The maximum atomic E-state index is 13.5. The Morgan fingerprint density at radius 1 is 1.08 bits per heavy atom. The zero-order valence-electron chi connectivity index (χ0n) is 22.1. The minimum atomic E-state index is -0.386. The predicted octanol–water partition coefficient (Wildman–Crippen LogP) is 2.95. The van der Waals surface area contributed by atoms with Gasteiger partial charge >= 0.3 is 18.9 Å². The van der Waals surface area contributed by atoms with Crippen LogP contribution < -0.4 is 23.8 Å². The van der Waals surface area contributed by atoms with Crippen molar-refractivity contribution in [2.24, 2.45) is 0 Å². The van der Waals surface area contributed by atoms with Gasteiger partial charge in [0.05, 0.1) is 23.9 Å². The number of ether oxygens (including phenoxy) is 2. The normalized spacial score (nSPS) is 25.4. The van der Waals surface area contributed by atoms with Crippen LogP contribution in [0.2, 0.25) is 0 Å². The standard InChI is InChI=1S/C28H34N2O6.Li/c1-16(10-11-22-27(2,3)35-22)7-6-12-28(4)23(36-28)15-30-19-13-17(31)14-21(33)25(19)29-24-18(26(30)34)8-5-9-20(24)32;/h5,7-9,13-14,22-23H,6,10-12,15H2,1-4H3,(H4,29,31,32,33,34);/q;+1/p-1/b16-7+;. The fourth-order valence-corrected chi connectivity index (χ4v) is 4.99. The Morgan fingerprint density at radius 3 is 2.51 bits per heavy atom. The zero-order valence-corrected chi connectivity index (χ0v) is 22.1. The molecule has 1 amide bonds.